The fraction of sp³-hybridized carbons (Fsp3) is 0.368. The Kier molecular flexibility index (Phi) is 6.18. The highest BCUT2D eigenvalue weighted by molar-refractivity contribution is 5.95. The Morgan fingerprint density at radius 3 is 2.63 bits per heavy atom. The zero-order chi connectivity index (χ0) is 21.9. The second-order valence-electron chi connectivity index (χ2n) is 6.76. The molecule has 2 aromatic rings. The third kappa shape index (κ3) is 5.43. The molecule has 0 spiro atoms. The number of carbonyl (C=O) groups excluding carboxylic acids is 2. The molecule has 30 heavy (non-hydrogen) atoms. The van der Waals surface area contributed by atoms with E-state index in [4.69, 9.17) is 0 Å². The highest BCUT2D eigenvalue weighted by Crippen LogP contribution is 2.30. The molecule has 1 aliphatic carbocycles. The van der Waals surface area contributed by atoms with Crippen molar-refractivity contribution in [2.45, 2.75) is 38.3 Å². The molecule has 1 saturated carbocycles. The topological polar surface area (TPSA) is 93.2 Å². The number of hydrogen-bond donors (Lipinski definition) is 2. The van der Waals surface area contributed by atoms with Crippen LogP contribution in [-0.4, -0.2) is 34.3 Å². The number of carbonyl (C=O) groups is 2. The Morgan fingerprint density at radius 1 is 1.23 bits per heavy atom. The van der Waals surface area contributed by atoms with Gasteiger partial charge in [0.1, 0.15) is 11.4 Å². The molecular formula is C19H18F4N4O3. The van der Waals surface area contributed by atoms with Gasteiger partial charge in [-0.15, -0.1) is 0 Å². The Bertz CT molecular complexity index is 938. The Labute approximate surface area is 168 Å². The molecule has 7 nitrogen and oxygen atoms in total. The molecule has 1 aliphatic rings. The lowest BCUT2D eigenvalue weighted by Gasteiger charge is -2.19. The number of hydrogen-bond acceptors (Lipinski definition) is 5. The summed E-state index contributed by atoms with van der Waals surface area (Å²) in [6, 6.07) is 5.75. The van der Waals surface area contributed by atoms with Gasteiger partial charge in [0, 0.05) is 12.1 Å². The predicted octanol–water partition coefficient (Wildman–Crippen LogP) is 3.55. The van der Waals surface area contributed by atoms with Crippen LogP contribution in [0.2, 0.25) is 0 Å². The Hall–Kier alpha value is -3.24. The molecule has 0 radical (unpaired) electrons. The van der Waals surface area contributed by atoms with Gasteiger partial charge in [0.2, 0.25) is 11.9 Å². The number of ether oxygens (including phenoxy) is 1. The number of halogens is 4. The van der Waals surface area contributed by atoms with Gasteiger partial charge < -0.3 is 10.1 Å². The summed E-state index contributed by atoms with van der Waals surface area (Å²) in [7, 11) is 0. The highest BCUT2D eigenvalue weighted by atomic mass is 19.3. The number of aromatic nitrogens is 2. The molecule has 11 heteroatoms. The number of alkyl halides is 4. The molecule has 2 N–H and O–H groups in total. The van der Waals surface area contributed by atoms with Crippen molar-refractivity contribution >= 4 is 17.8 Å². The van der Waals surface area contributed by atoms with E-state index in [1.165, 1.54) is 24.4 Å². The van der Waals surface area contributed by atoms with Crippen LogP contribution in [0.5, 0.6) is 5.75 Å². The third-order valence-corrected chi connectivity index (χ3v) is 4.29. The minimum Gasteiger partial charge on any atom is -0.428 e. The van der Waals surface area contributed by atoms with Crippen LogP contribution in [0.25, 0.3) is 0 Å². The lowest BCUT2D eigenvalue weighted by molar-refractivity contribution is -0.253. The summed E-state index contributed by atoms with van der Waals surface area (Å²) < 4.78 is 54.9. The van der Waals surface area contributed by atoms with E-state index in [1.54, 1.807) is 6.92 Å². The van der Waals surface area contributed by atoms with Gasteiger partial charge in [-0.3, -0.25) is 14.9 Å². The molecule has 2 amide bonds. The van der Waals surface area contributed by atoms with Gasteiger partial charge in [-0.2, -0.15) is 17.6 Å². The molecule has 3 rings (SSSR count). The van der Waals surface area contributed by atoms with Gasteiger partial charge in [-0.1, -0.05) is 12.1 Å². The van der Waals surface area contributed by atoms with Crippen LogP contribution in [-0.2, 0) is 4.79 Å². The van der Waals surface area contributed by atoms with Crippen molar-refractivity contribution in [3.05, 3.63) is 47.8 Å². The fourth-order valence-electron chi connectivity index (χ4n) is 2.51. The molecule has 1 aromatic carbocycles. The predicted molar refractivity (Wildman–Crippen MR) is 97.3 cm³/mol. The van der Waals surface area contributed by atoms with E-state index in [-0.39, 0.29) is 23.5 Å². The van der Waals surface area contributed by atoms with Crippen LogP contribution in [0.4, 0.5) is 23.5 Å². The molecule has 1 heterocycles. The SMILES string of the molecule is CC(NC(=O)c1ccnc(NC(=O)C2CC2)n1)c1cccc(OC(F)(F)C(F)F)c1. The van der Waals surface area contributed by atoms with Crippen LogP contribution < -0.4 is 15.4 Å². The first-order chi connectivity index (χ1) is 14.2. The molecule has 1 unspecified atom stereocenters. The minimum absolute atomic E-state index is 0.00293. The van der Waals surface area contributed by atoms with Gasteiger partial charge in [0.25, 0.3) is 5.91 Å². The largest absolute Gasteiger partial charge is 0.461 e. The Balaban J connectivity index is 1.65. The molecule has 160 valence electrons. The van der Waals surface area contributed by atoms with E-state index in [0.717, 1.165) is 25.0 Å². The summed E-state index contributed by atoms with van der Waals surface area (Å²) in [5, 5.41) is 5.14. The summed E-state index contributed by atoms with van der Waals surface area (Å²) in [5.41, 5.74) is 0.335. The number of nitrogens with one attached hydrogen (secondary N) is 2. The zero-order valence-corrected chi connectivity index (χ0v) is 15.7. The molecule has 1 atom stereocenters. The first kappa shape index (κ1) is 21.5. The van der Waals surface area contributed by atoms with Crippen molar-refractivity contribution in [2.24, 2.45) is 5.92 Å². The number of amides is 2. The molecule has 0 aliphatic heterocycles. The number of nitrogens with zero attached hydrogens (tertiary/aromatic N) is 2. The van der Waals surface area contributed by atoms with Crippen LogP contribution in [0.15, 0.2) is 36.5 Å². The third-order valence-electron chi connectivity index (χ3n) is 4.29. The van der Waals surface area contributed by atoms with E-state index in [2.05, 4.69) is 25.3 Å². The van der Waals surface area contributed by atoms with E-state index >= 15 is 0 Å². The molecule has 0 saturated heterocycles. The number of benzene rings is 1. The maximum atomic E-state index is 13.1. The maximum Gasteiger partial charge on any atom is 0.461 e. The van der Waals surface area contributed by atoms with Crippen molar-refractivity contribution < 1.29 is 31.9 Å². The van der Waals surface area contributed by atoms with Crippen LogP contribution in [0.3, 0.4) is 0 Å². The fourth-order valence-corrected chi connectivity index (χ4v) is 2.51. The quantitative estimate of drug-likeness (QED) is 0.630. The van der Waals surface area contributed by atoms with E-state index in [0.29, 0.717) is 5.56 Å². The Morgan fingerprint density at radius 2 is 1.97 bits per heavy atom. The zero-order valence-electron chi connectivity index (χ0n) is 15.7. The average molecular weight is 426 g/mol. The van der Waals surface area contributed by atoms with Crippen LogP contribution in [0.1, 0.15) is 41.9 Å². The number of rotatable bonds is 8. The van der Waals surface area contributed by atoms with Crippen molar-refractivity contribution in [2.75, 3.05) is 5.32 Å². The summed E-state index contributed by atoms with van der Waals surface area (Å²) in [6.07, 6.45) is -5.69. The smallest absolute Gasteiger partial charge is 0.428 e. The van der Waals surface area contributed by atoms with E-state index in [1.807, 2.05) is 0 Å². The molecule has 0 bridgehead atoms. The standard InChI is InChI=1S/C19H18F4N4O3/c1-10(12-3-2-4-13(9-12)30-19(22,23)17(20)21)25-16(29)14-7-8-24-18(26-14)27-15(28)11-5-6-11/h2-4,7-11,17H,5-6H2,1H3,(H,25,29)(H,24,26,27,28). The van der Waals surface area contributed by atoms with Gasteiger partial charge in [0.05, 0.1) is 6.04 Å². The summed E-state index contributed by atoms with van der Waals surface area (Å²) >= 11 is 0. The van der Waals surface area contributed by atoms with Crippen molar-refractivity contribution in [1.29, 1.82) is 0 Å². The highest BCUT2D eigenvalue weighted by Gasteiger charge is 2.44. The van der Waals surface area contributed by atoms with Crippen LogP contribution >= 0.6 is 0 Å². The lowest BCUT2D eigenvalue weighted by atomic mass is 10.1. The normalized spacial score (nSPS) is 14.9. The maximum absolute atomic E-state index is 13.1. The van der Waals surface area contributed by atoms with Gasteiger partial charge in [-0.25, -0.2) is 9.97 Å². The van der Waals surface area contributed by atoms with Gasteiger partial charge >= 0.3 is 12.5 Å². The molecular weight excluding hydrogens is 408 g/mol. The molecule has 1 aromatic heterocycles. The van der Waals surface area contributed by atoms with E-state index in [9.17, 15) is 27.2 Å². The van der Waals surface area contributed by atoms with E-state index < -0.39 is 30.2 Å². The first-order valence-electron chi connectivity index (χ1n) is 9.05. The summed E-state index contributed by atoms with van der Waals surface area (Å²) in [5.74, 6) is -1.34. The summed E-state index contributed by atoms with van der Waals surface area (Å²) in [6.45, 7) is 1.57. The van der Waals surface area contributed by atoms with Gasteiger partial charge in [-0.05, 0) is 43.5 Å². The minimum atomic E-state index is -4.63. The van der Waals surface area contributed by atoms with Crippen molar-refractivity contribution in [3.8, 4) is 5.75 Å². The van der Waals surface area contributed by atoms with Gasteiger partial charge in [0.15, 0.2) is 0 Å². The molecule has 1 fully saturated rings. The van der Waals surface area contributed by atoms with Crippen molar-refractivity contribution in [1.82, 2.24) is 15.3 Å². The average Bonchev–Trinajstić information content (AvgIpc) is 3.53. The summed E-state index contributed by atoms with van der Waals surface area (Å²) in [4.78, 5) is 32.1. The number of anilines is 1. The first-order valence-corrected chi connectivity index (χ1v) is 9.05. The second kappa shape index (κ2) is 8.64. The van der Waals surface area contributed by atoms with Crippen molar-refractivity contribution in [3.63, 3.8) is 0 Å². The lowest BCUT2D eigenvalue weighted by Crippen LogP contribution is -2.33. The van der Waals surface area contributed by atoms with Crippen LogP contribution in [0, 0.1) is 5.92 Å². The monoisotopic (exact) mass is 426 g/mol. The second-order valence-corrected chi connectivity index (χ2v) is 6.76.